The van der Waals surface area contributed by atoms with Gasteiger partial charge < -0.3 is 15.0 Å². The second-order valence-electron chi connectivity index (χ2n) is 7.70. The maximum atomic E-state index is 12.7. The first-order valence-corrected chi connectivity index (χ1v) is 11.6. The van der Waals surface area contributed by atoms with Crippen LogP contribution in [0.5, 0.6) is 5.75 Å². The third kappa shape index (κ3) is 4.74. The van der Waals surface area contributed by atoms with Gasteiger partial charge in [0.15, 0.2) is 6.61 Å². The molecule has 3 aromatic rings. The lowest BCUT2D eigenvalue weighted by atomic mass is 10.1. The van der Waals surface area contributed by atoms with Crippen molar-refractivity contribution in [3.63, 3.8) is 0 Å². The van der Waals surface area contributed by atoms with E-state index in [-0.39, 0.29) is 17.4 Å². The highest BCUT2D eigenvalue weighted by molar-refractivity contribution is 7.89. The highest BCUT2D eigenvalue weighted by Gasteiger charge is 2.26. The highest BCUT2D eigenvalue weighted by Crippen LogP contribution is 2.35. The number of nitrogens with one attached hydrogen (secondary N) is 1. The molecule has 3 aromatic carbocycles. The number of sulfonamides is 1. The topological polar surface area (TPSA) is 96.0 Å². The molecule has 0 saturated carbocycles. The minimum absolute atomic E-state index is 0.0479. The number of rotatable bonds is 6. The Labute approximate surface area is 192 Å². The van der Waals surface area contributed by atoms with Crippen LogP contribution >= 0.6 is 0 Å². The van der Waals surface area contributed by atoms with Crippen molar-refractivity contribution in [3.05, 3.63) is 83.9 Å². The van der Waals surface area contributed by atoms with E-state index in [1.165, 1.54) is 38.4 Å². The maximum absolute atomic E-state index is 12.7. The summed E-state index contributed by atoms with van der Waals surface area (Å²) >= 11 is 0. The normalized spacial score (nSPS) is 13.4. The zero-order valence-electron chi connectivity index (χ0n) is 18.2. The van der Waals surface area contributed by atoms with E-state index in [0.29, 0.717) is 29.2 Å². The van der Waals surface area contributed by atoms with Crippen LogP contribution in [0.2, 0.25) is 0 Å². The van der Waals surface area contributed by atoms with E-state index >= 15 is 0 Å². The van der Waals surface area contributed by atoms with Crippen LogP contribution in [0.3, 0.4) is 0 Å². The summed E-state index contributed by atoms with van der Waals surface area (Å²) in [5.41, 5.74) is 2.33. The zero-order valence-corrected chi connectivity index (χ0v) is 19.0. The van der Waals surface area contributed by atoms with Gasteiger partial charge in [-0.25, -0.2) is 12.7 Å². The van der Waals surface area contributed by atoms with E-state index in [9.17, 15) is 18.0 Å². The van der Waals surface area contributed by atoms with Crippen LogP contribution < -0.4 is 15.0 Å². The number of ether oxygens (including phenoxy) is 1. The lowest BCUT2D eigenvalue weighted by Crippen LogP contribution is -2.38. The zero-order chi connectivity index (χ0) is 23.6. The van der Waals surface area contributed by atoms with Gasteiger partial charge in [-0.15, -0.1) is 0 Å². The van der Waals surface area contributed by atoms with Crippen LogP contribution in [-0.4, -0.2) is 45.2 Å². The molecule has 2 amide bonds. The van der Waals surface area contributed by atoms with E-state index in [2.05, 4.69) is 5.32 Å². The maximum Gasteiger partial charge on any atom is 0.265 e. The molecule has 170 valence electrons. The molecule has 0 aliphatic carbocycles. The minimum Gasteiger partial charge on any atom is -0.482 e. The van der Waals surface area contributed by atoms with Gasteiger partial charge in [-0.1, -0.05) is 30.3 Å². The van der Waals surface area contributed by atoms with Crippen molar-refractivity contribution in [1.29, 1.82) is 0 Å². The van der Waals surface area contributed by atoms with Crippen molar-refractivity contribution < 1.29 is 22.7 Å². The predicted molar refractivity (Wildman–Crippen MR) is 125 cm³/mol. The van der Waals surface area contributed by atoms with Crippen LogP contribution in [-0.2, 0) is 21.4 Å². The molecule has 0 unspecified atom stereocenters. The van der Waals surface area contributed by atoms with Gasteiger partial charge in [-0.3, -0.25) is 9.59 Å². The summed E-state index contributed by atoms with van der Waals surface area (Å²) in [5, 5.41) is 2.80. The molecule has 8 nitrogen and oxygen atoms in total. The minimum atomic E-state index is -3.58. The Morgan fingerprint density at radius 2 is 1.73 bits per heavy atom. The van der Waals surface area contributed by atoms with Gasteiger partial charge in [0.1, 0.15) is 5.75 Å². The monoisotopic (exact) mass is 465 g/mol. The fourth-order valence-corrected chi connectivity index (χ4v) is 4.31. The third-order valence-electron chi connectivity index (χ3n) is 5.24. The van der Waals surface area contributed by atoms with Crippen molar-refractivity contribution in [2.75, 3.05) is 30.9 Å². The first-order chi connectivity index (χ1) is 15.8. The highest BCUT2D eigenvalue weighted by atomic mass is 32.2. The number of carbonyl (C=O) groups excluding carboxylic acids is 2. The van der Waals surface area contributed by atoms with E-state index < -0.39 is 15.9 Å². The Kier molecular flexibility index (Phi) is 6.17. The van der Waals surface area contributed by atoms with Crippen molar-refractivity contribution in [1.82, 2.24) is 4.31 Å². The van der Waals surface area contributed by atoms with Gasteiger partial charge in [0.05, 0.1) is 17.1 Å². The first kappa shape index (κ1) is 22.5. The Morgan fingerprint density at radius 3 is 2.39 bits per heavy atom. The van der Waals surface area contributed by atoms with E-state index in [4.69, 9.17) is 4.74 Å². The van der Waals surface area contributed by atoms with Crippen LogP contribution in [0, 0.1) is 0 Å². The SMILES string of the molecule is CN(C)S(=O)(=O)c1ccc(C(=O)Nc2ccc3c(c2)N(Cc2ccccc2)C(=O)CO3)cc1. The van der Waals surface area contributed by atoms with Crippen molar-refractivity contribution in [3.8, 4) is 5.75 Å². The van der Waals surface area contributed by atoms with Gasteiger partial charge in [0.25, 0.3) is 11.8 Å². The summed E-state index contributed by atoms with van der Waals surface area (Å²) in [5.74, 6) is -0.0179. The molecule has 0 atom stereocenters. The summed E-state index contributed by atoms with van der Waals surface area (Å²) in [6.45, 7) is 0.336. The standard InChI is InChI=1S/C24H23N3O5S/c1-26(2)33(30,31)20-11-8-18(9-12-20)24(29)25-19-10-13-22-21(14-19)27(23(28)16-32-22)15-17-6-4-3-5-7-17/h3-14H,15-16H2,1-2H3,(H,25,29). The Morgan fingerprint density at radius 1 is 1.03 bits per heavy atom. The van der Waals surface area contributed by atoms with Crippen LogP contribution in [0.4, 0.5) is 11.4 Å². The van der Waals surface area contributed by atoms with Gasteiger partial charge >= 0.3 is 0 Å². The molecule has 0 saturated heterocycles. The van der Waals surface area contributed by atoms with Gasteiger partial charge in [0.2, 0.25) is 10.0 Å². The molecule has 0 radical (unpaired) electrons. The van der Waals surface area contributed by atoms with E-state index in [1.807, 2.05) is 30.3 Å². The number of fused-ring (bicyclic) bond motifs is 1. The van der Waals surface area contributed by atoms with Gasteiger partial charge in [0, 0.05) is 25.3 Å². The van der Waals surface area contributed by atoms with E-state index in [0.717, 1.165) is 9.87 Å². The Balaban J connectivity index is 1.55. The number of benzene rings is 3. The second-order valence-corrected chi connectivity index (χ2v) is 9.85. The first-order valence-electron chi connectivity index (χ1n) is 10.2. The fraction of sp³-hybridized carbons (Fsp3) is 0.167. The van der Waals surface area contributed by atoms with Gasteiger partial charge in [-0.05, 0) is 48.0 Å². The Hall–Kier alpha value is -3.69. The largest absolute Gasteiger partial charge is 0.482 e. The molecule has 0 aromatic heterocycles. The summed E-state index contributed by atoms with van der Waals surface area (Å²) in [7, 11) is -0.683. The smallest absolute Gasteiger partial charge is 0.265 e. The van der Waals surface area contributed by atoms with Crippen molar-refractivity contribution in [2.45, 2.75) is 11.4 Å². The predicted octanol–water partition coefficient (Wildman–Crippen LogP) is 3.11. The van der Waals surface area contributed by atoms with Gasteiger partial charge in [-0.2, -0.15) is 0 Å². The van der Waals surface area contributed by atoms with Crippen LogP contribution in [0.25, 0.3) is 0 Å². The summed E-state index contributed by atoms with van der Waals surface area (Å²) in [6, 6.07) is 20.4. The summed E-state index contributed by atoms with van der Waals surface area (Å²) < 4.78 is 31.1. The van der Waals surface area contributed by atoms with Crippen LogP contribution in [0.15, 0.2) is 77.7 Å². The quantitative estimate of drug-likeness (QED) is 0.604. The number of hydrogen-bond acceptors (Lipinski definition) is 5. The average molecular weight is 466 g/mol. The Bertz CT molecular complexity index is 1290. The fourth-order valence-electron chi connectivity index (χ4n) is 3.41. The van der Waals surface area contributed by atoms with Crippen LogP contribution in [0.1, 0.15) is 15.9 Å². The molecule has 4 rings (SSSR count). The molecule has 0 spiro atoms. The molecule has 9 heteroatoms. The number of carbonyl (C=O) groups is 2. The van der Waals surface area contributed by atoms with E-state index in [1.54, 1.807) is 23.1 Å². The number of amides is 2. The molecule has 33 heavy (non-hydrogen) atoms. The lowest BCUT2D eigenvalue weighted by Gasteiger charge is -2.30. The third-order valence-corrected chi connectivity index (χ3v) is 7.07. The summed E-state index contributed by atoms with van der Waals surface area (Å²) in [6.07, 6.45) is 0. The molecule has 1 aliphatic rings. The van der Waals surface area contributed by atoms with Crippen molar-refractivity contribution >= 4 is 33.2 Å². The van der Waals surface area contributed by atoms with Crippen molar-refractivity contribution in [2.24, 2.45) is 0 Å². The number of hydrogen-bond donors (Lipinski definition) is 1. The second kappa shape index (κ2) is 9.05. The summed E-state index contributed by atoms with van der Waals surface area (Å²) in [4.78, 5) is 27.0. The lowest BCUT2D eigenvalue weighted by molar-refractivity contribution is -0.121. The molecular formula is C24H23N3O5S. The molecular weight excluding hydrogens is 442 g/mol. The average Bonchev–Trinajstić information content (AvgIpc) is 2.81. The molecule has 1 heterocycles. The number of anilines is 2. The molecule has 1 N–H and O–H groups in total. The molecule has 0 bridgehead atoms. The molecule has 1 aliphatic heterocycles. The molecule has 0 fully saturated rings. The number of nitrogens with zero attached hydrogens (tertiary/aromatic N) is 2.